The number of ether oxygens (including phenoxy) is 3. The third-order valence-corrected chi connectivity index (χ3v) is 5.64. The molecule has 0 spiro atoms. The summed E-state index contributed by atoms with van der Waals surface area (Å²) in [5, 5.41) is 9.56. The molecule has 1 heterocycles. The summed E-state index contributed by atoms with van der Waals surface area (Å²) in [6, 6.07) is 8.35. The maximum Gasteiger partial charge on any atom is 0.470 e. The zero-order valence-electron chi connectivity index (χ0n) is 18.9. The molecule has 0 saturated carbocycles. The first-order valence-electron chi connectivity index (χ1n) is 10.5. The van der Waals surface area contributed by atoms with Crippen LogP contribution in [0, 0.1) is 0 Å². The summed E-state index contributed by atoms with van der Waals surface area (Å²) in [7, 11) is -5.30. The highest BCUT2D eigenvalue weighted by Gasteiger charge is 2.45. The summed E-state index contributed by atoms with van der Waals surface area (Å²) < 4.78 is 111. The van der Waals surface area contributed by atoms with Gasteiger partial charge in [-0.1, -0.05) is 36.4 Å². The molecule has 3 rings (SSSR count). The Balaban J connectivity index is 1.98. The second kappa shape index (κ2) is 11.3. The molecule has 0 fully saturated rings. The number of alkyl halides is 6. The summed E-state index contributed by atoms with van der Waals surface area (Å²) in [4.78, 5) is 30.7. The van der Waals surface area contributed by atoms with Crippen LogP contribution in [-0.2, 0) is 53.7 Å². The van der Waals surface area contributed by atoms with Crippen molar-refractivity contribution in [1.82, 2.24) is 0 Å². The van der Waals surface area contributed by atoms with Gasteiger partial charge in [-0.25, -0.2) is 9.36 Å². The van der Waals surface area contributed by atoms with Crippen molar-refractivity contribution in [3.63, 3.8) is 0 Å². The fourth-order valence-corrected chi connectivity index (χ4v) is 4.02. The number of phosphoric ester groups is 1. The standard InChI is InChI=1S/C22H19F6O9P/c23-21(24,25)14-7-3-1-5-12(14)10-34-18-17(16(9-29)37-38(31,32)33)36-20(30)19(18)35-11-13-6-2-4-8-15(13)22(26,27)28/h1-8,16-17,29H,9-11H2,(H2,31,32,33). The summed E-state index contributed by atoms with van der Waals surface area (Å²) in [5.41, 5.74) is -3.04. The maximum atomic E-state index is 13.4. The quantitative estimate of drug-likeness (QED) is 0.219. The molecular weight excluding hydrogens is 553 g/mol. The van der Waals surface area contributed by atoms with Crippen molar-refractivity contribution in [3.8, 4) is 0 Å². The Hall–Kier alpha value is -3.10. The van der Waals surface area contributed by atoms with Crippen LogP contribution in [-0.4, -0.2) is 39.7 Å². The van der Waals surface area contributed by atoms with Gasteiger partial charge in [-0.05, 0) is 12.1 Å². The largest absolute Gasteiger partial charge is 0.485 e. The SMILES string of the molecule is O=C1OC(C(CO)OP(=O)(O)O)C(OCc2ccccc2C(F)(F)F)=C1OCc1ccccc1C(F)(F)F. The number of benzene rings is 2. The minimum Gasteiger partial charge on any atom is -0.485 e. The van der Waals surface area contributed by atoms with E-state index in [-0.39, 0.29) is 0 Å². The van der Waals surface area contributed by atoms with Gasteiger partial charge < -0.3 is 29.1 Å². The number of esters is 1. The van der Waals surface area contributed by atoms with Crippen LogP contribution in [0.4, 0.5) is 26.3 Å². The van der Waals surface area contributed by atoms with Gasteiger partial charge in [0.25, 0.3) is 0 Å². The van der Waals surface area contributed by atoms with E-state index in [2.05, 4.69) is 4.52 Å². The van der Waals surface area contributed by atoms with E-state index in [9.17, 15) is 40.8 Å². The van der Waals surface area contributed by atoms with Gasteiger partial charge >= 0.3 is 26.1 Å². The molecule has 208 valence electrons. The lowest BCUT2D eigenvalue weighted by atomic mass is 10.1. The van der Waals surface area contributed by atoms with E-state index >= 15 is 0 Å². The Kier molecular flexibility index (Phi) is 8.79. The zero-order valence-corrected chi connectivity index (χ0v) is 19.8. The van der Waals surface area contributed by atoms with Gasteiger partial charge in [0.2, 0.25) is 5.76 Å². The summed E-state index contributed by atoms with van der Waals surface area (Å²) in [5.74, 6) is -3.01. The molecule has 0 bridgehead atoms. The van der Waals surface area contributed by atoms with Crippen molar-refractivity contribution in [1.29, 1.82) is 0 Å². The molecule has 0 aliphatic carbocycles. The van der Waals surface area contributed by atoms with Crippen LogP contribution in [0.1, 0.15) is 22.3 Å². The average molecular weight is 572 g/mol. The molecule has 2 aromatic carbocycles. The van der Waals surface area contributed by atoms with Crippen LogP contribution >= 0.6 is 7.82 Å². The average Bonchev–Trinajstić information content (AvgIpc) is 3.13. The highest BCUT2D eigenvalue weighted by Crippen LogP contribution is 2.42. The molecule has 0 aromatic heterocycles. The molecule has 0 amide bonds. The first kappa shape index (κ1) is 29.5. The van der Waals surface area contributed by atoms with E-state index in [4.69, 9.17) is 24.0 Å². The lowest BCUT2D eigenvalue weighted by molar-refractivity contribution is -0.148. The molecular formula is C22H19F6O9P. The molecule has 0 radical (unpaired) electrons. The van der Waals surface area contributed by atoms with Gasteiger partial charge in [0.1, 0.15) is 19.3 Å². The first-order valence-corrected chi connectivity index (χ1v) is 12.0. The Morgan fingerprint density at radius 3 is 1.79 bits per heavy atom. The number of aliphatic hydroxyl groups excluding tert-OH is 1. The van der Waals surface area contributed by atoms with E-state index in [1.807, 2.05) is 0 Å². The van der Waals surface area contributed by atoms with Gasteiger partial charge in [0.15, 0.2) is 11.9 Å². The normalized spacial score (nSPS) is 17.4. The Morgan fingerprint density at radius 2 is 1.34 bits per heavy atom. The van der Waals surface area contributed by atoms with Crippen LogP contribution in [0.2, 0.25) is 0 Å². The Morgan fingerprint density at radius 1 is 0.868 bits per heavy atom. The number of carbonyl (C=O) groups excluding carboxylic acids is 1. The molecule has 1 aliphatic heterocycles. The lowest BCUT2D eigenvalue weighted by Gasteiger charge is -2.23. The lowest BCUT2D eigenvalue weighted by Crippen LogP contribution is -2.34. The van der Waals surface area contributed by atoms with Crippen LogP contribution in [0.3, 0.4) is 0 Å². The summed E-state index contributed by atoms with van der Waals surface area (Å²) in [6.07, 6.45) is -13.5. The fourth-order valence-electron chi connectivity index (χ4n) is 3.49. The second-order valence-electron chi connectivity index (χ2n) is 7.72. The topological polar surface area (TPSA) is 132 Å². The van der Waals surface area contributed by atoms with Crippen LogP contribution in [0.5, 0.6) is 0 Å². The number of phosphoric acid groups is 1. The monoisotopic (exact) mass is 572 g/mol. The highest BCUT2D eigenvalue weighted by molar-refractivity contribution is 7.46. The van der Waals surface area contributed by atoms with Crippen molar-refractivity contribution >= 4 is 13.8 Å². The number of halogens is 6. The van der Waals surface area contributed by atoms with Gasteiger partial charge in [-0.3, -0.25) is 4.52 Å². The predicted molar refractivity (Wildman–Crippen MR) is 113 cm³/mol. The molecule has 1 aliphatic rings. The van der Waals surface area contributed by atoms with E-state index < -0.39 is 91.9 Å². The summed E-state index contributed by atoms with van der Waals surface area (Å²) >= 11 is 0. The van der Waals surface area contributed by atoms with Crippen molar-refractivity contribution < 1.29 is 69.3 Å². The fraction of sp³-hybridized carbons (Fsp3) is 0.318. The third kappa shape index (κ3) is 7.26. The van der Waals surface area contributed by atoms with Crippen LogP contribution in [0.15, 0.2) is 60.0 Å². The van der Waals surface area contributed by atoms with Crippen molar-refractivity contribution in [2.75, 3.05) is 6.61 Å². The molecule has 0 saturated heterocycles. The van der Waals surface area contributed by atoms with Gasteiger partial charge in [-0.15, -0.1) is 0 Å². The molecule has 2 aromatic rings. The van der Waals surface area contributed by atoms with Crippen molar-refractivity contribution in [2.45, 2.75) is 37.8 Å². The number of hydrogen-bond acceptors (Lipinski definition) is 7. The van der Waals surface area contributed by atoms with E-state index in [1.165, 1.54) is 12.1 Å². The molecule has 9 nitrogen and oxygen atoms in total. The maximum absolute atomic E-state index is 13.4. The molecule has 3 N–H and O–H groups in total. The molecule has 2 unspecified atom stereocenters. The molecule has 2 atom stereocenters. The number of hydrogen-bond donors (Lipinski definition) is 3. The van der Waals surface area contributed by atoms with Gasteiger partial charge in [-0.2, -0.15) is 26.3 Å². The van der Waals surface area contributed by atoms with Crippen LogP contribution < -0.4 is 0 Å². The smallest absolute Gasteiger partial charge is 0.470 e. The van der Waals surface area contributed by atoms with E-state index in [0.29, 0.717) is 0 Å². The highest BCUT2D eigenvalue weighted by atomic mass is 31.2. The molecule has 16 heteroatoms. The van der Waals surface area contributed by atoms with Crippen LogP contribution in [0.25, 0.3) is 0 Å². The third-order valence-electron chi connectivity index (χ3n) is 5.09. The second-order valence-corrected chi connectivity index (χ2v) is 8.92. The minimum absolute atomic E-state index is 0.421. The van der Waals surface area contributed by atoms with E-state index in [1.54, 1.807) is 0 Å². The van der Waals surface area contributed by atoms with Crippen molar-refractivity contribution in [2.24, 2.45) is 0 Å². The van der Waals surface area contributed by atoms with Crippen molar-refractivity contribution in [3.05, 3.63) is 82.3 Å². The summed E-state index contributed by atoms with van der Waals surface area (Å²) in [6.45, 7) is -2.92. The number of rotatable bonds is 10. The number of carbonyl (C=O) groups is 1. The minimum atomic E-state index is -5.30. The Bertz CT molecular complexity index is 1240. The predicted octanol–water partition coefficient (Wildman–Crippen LogP) is 4.06. The van der Waals surface area contributed by atoms with Gasteiger partial charge in [0, 0.05) is 11.1 Å². The number of cyclic esters (lactones) is 1. The number of aliphatic hydroxyl groups is 1. The van der Waals surface area contributed by atoms with Gasteiger partial charge in [0.05, 0.1) is 17.7 Å². The molecule has 38 heavy (non-hydrogen) atoms. The van der Waals surface area contributed by atoms with E-state index in [0.717, 1.165) is 36.4 Å². The first-order chi connectivity index (χ1) is 17.6. The zero-order chi connectivity index (χ0) is 28.3. The Labute approximate surface area is 210 Å².